The molecule has 2 aromatic carbocycles. The maximum absolute atomic E-state index is 12.1. The van der Waals surface area contributed by atoms with Gasteiger partial charge in [0.2, 0.25) is 5.75 Å². The van der Waals surface area contributed by atoms with Crippen LogP contribution in [0, 0.1) is 0 Å². The van der Waals surface area contributed by atoms with Crippen molar-refractivity contribution < 1.29 is 37.5 Å². The van der Waals surface area contributed by atoms with E-state index >= 15 is 0 Å². The van der Waals surface area contributed by atoms with Crippen molar-refractivity contribution in [2.75, 3.05) is 6.61 Å². The number of hydrogen-bond acceptors (Lipinski definition) is 9. The molecule has 3 heterocycles. The molecule has 10 heteroatoms. The van der Waals surface area contributed by atoms with Crippen molar-refractivity contribution in [3.05, 3.63) is 65.2 Å². The van der Waals surface area contributed by atoms with Crippen LogP contribution in [-0.4, -0.2) is 29.5 Å². The van der Waals surface area contributed by atoms with Gasteiger partial charge in [0.1, 0.15) is 11.5 Å². The molecule has 0 unspecified atom stereocenters. The molecule has 2 aromatic heterocycles. The zero-order valence-corrected chi connectivity index (χ0v) is 17.6. The summed E-state index contributed by atoms with van der Waals surface area (Å²) < 4.78 is 22.9. The van der Waals surface area contributed by atoms with Crippen molar-refractivity contribution in [3.63, 3.8) is 0 Å². The van der Waals surface area contributed by atoms with Gasteiger partial charge in [-0.05, 0) is 24.3 Å². The average molecular weight is 463 g/mol. The Hall–Kier alpha value is -4.60. The summed E-state index contributed by atoms with van der Waals surface area (Å²) in [7, 11) is 0. The van der Waals surface area contributed by atoms with E-state index in [0.29, 0.717) is 27.3 Å². The Morgan fingerprint density at radius 1 is 0.882 bits per heavy atom. The van der Waals surface area contributed by atoms with Crippen molar-refractivity contribution in [2.24, 2.45) is 0 Å². The lowest BCUT2D eigenvalue weighted by molar-refractivity contribution is -0.197. The zero-order valence-electron chi connectivity index (χ0n) is 17.6. The molecular weight excluding hydrogens is 446 g/mol. The lowest BCUT2D eigenvalue weighted by Gasteiger charge is -2.15. The highest BCUT2D eigenvalue weighted by Gasteiger charge is 2.32. The summed E-state index contributed by atoms with van der Waals surface area (Å²) in [6.45, 7) is -0.136. The summed E-state index contributed by atoms with van der Waals surface area (Å²) >= 11 is 0. The fraction of sp³-hybridized carbons (Fsp3) is 0.167. The van der Waals surface area contributed by atoms with E-state index in [-0.39, 0.29) is 42.8 Å². The number of hydroxylamine groups is 2. The van der Waals surface area contributed by atoms with Gasteiger partial charge in [0.05, 0.1) is 30.1 Å². The summed E-state index contributed by atoms with van der Waals surface area (Å²) in [5.41, 5.74) is -0.188. The van der Waals surface area contributed by atoms with Gasteiger partial charge in [0.15, 0.2) is 11.2 Å². The lowest BCUT2D eigenvalue weighted by Crippen LogP contribution is -2.32. The minimum atomic E-state index is -0.799. The second kappa shape index (κ2) is 8.74. The van der Waals surface area contributed by atoms with Gasteiger partial charge >= 0.3 is 11.6 Å². The van der Waals surface area contributed by atoms with E-state index in [4.69, 9.17) is 23.1 Å². The molecule has 1 fully saturated rings. The van der Waals surface area contributed by atoms with Crippen molar-refractivity contribution in [2.45, 2.75) is 19.3 Å². The summed E-state index contributed by atoms with van der Waals surface area (Å²) in [5.74, 6) is -0.896. The Bertz CT molecular complexity index is 1450. The van der Waals surface area contributed by atoms with Crippen LogP contribution in [0.5, 0.6) is 17.2 Å². The third-order valence-corrected chi connectivity index (χ3v) is 5.11. The average Bonchev–Trinajstić information content (AvgIpc) is 3.44. The molecule has 34 heavy (non-hydrogen) atoms. The van der Waals surface area contributed by atoms with Crippen molar-refractivity contribution >= 4 is 39.7 Å². The zero-order chi connectivity index (χ0) is 23.7. The number of fused-ring (bicyclic) bond motifs is 2. The molecule has 1 aliphatic rings. The maximum Gasteiger partial charge on any atom is 0.336 e. The van der Waals surface area contributed by atoms with Crippen LogP contribution in [-0.2, 0) is 19.2 Å². The first-order valence-corrected chi connectivity index (χ1v) is 10.4. The van der Waals surface area contributed by atoms with Crippen LogP contribution in [0.1, 0.15) is 19.3 Å². The SMILES string of the molecule is O=C(CCOc1c2ccoc2c(Oc2ccccc2)c2oc(=O)ccc12)ON1C(=O)CCC1=O. The number of imide groups is 1. The highest BCUT2D eigenvalue weighted by molar-refractivity contribution is 6.07. The molecule has 0 atom stereocenters. The molecule has 0 saturated carbocycles. The highest BCUT2D eigenvalue weighted by atomic mass is 16.7. The van der Waals surface area contributed by atoms with Crippen molar-refractivity contribution in [3.8, 4) is 17.2 Å². The molecule has 10 nitrogen and oxygen atoms in total. The number of ether oxygens (including phenoxy) is 2. The van der Waals surface area contributed by atoms with Gasteiger partial charge < -0.3 is 23.1 Å². The molecule has 1 saturated heterocycles. The molecule has 0 bridgehead atoms. The Morgan fingerprint density at radius 2 is 1.62 bits per heavy atom. The molecule has 0 aliphatic carbocycles. The van der Waals surface area contributed by atoms with Gasteiger partial charge in [0, 0.05) is 18.9 Å². The van der Waals surface area contributed by atoms with E-state index in [1.54, 1.807) is 30.3 Å². The second-order valence-corrected chi connectivity index (χ2v) is 7.38. The number of rotatable bonds is 7. The van der Waals surface area contributed by atoms with Gasteiger partial charge in [-0.2, -0.15) is 0 Å². The highest BCUT2D eigenvalue weighted by Crippen LogP contribution is 2.44. The van der Waals surface area contributed by atoms with E-state index in [1.807, 2.05) is 6.07 Å². The third-order valence-electron chi connectivity index (χ3n) is 5.11. The third kappa shape index (κ3) is 3.96. The molecule has 0 N–H and O–H groups in total. The molecule has 5 rings (SSSR count). The van der Waals surface area contributed by atoms with Crippen LogP contribution in [0.2, 0.25) is 0 Å². The van der Waals surface area contributed by atoms with Crippen LogP contribution in [0.4, 0.5) is 0 Å². The van der Waals surface area contributed by atoms with E-state index < -0.39 is 23.4 Å². The van der Waals surface area contributed by atoms with Crippen LogP contribution < -0.4 is 15.1 Å². The molecule has 2 amide bonds. The van der Waals surface area contributed by atoms with Crippen LogP contribution >= 0.6 is 0 Å². The maximum atomic E-state index is 12.1. The molecule has 1 aliphatic heterocycles. The summed E-state index contributed by atoms with van der Waals surface area (Å²) in [6.07, 6.45) is 1.22. The molecule has 0 radical (unpaired) electrons. The largest absolute Gasteiger partial charge is 0.491 e. The fourth-order valence-corrected chi connectivity index (χ4v) is 3.57. The van der Waals surface area contributed by atoms with Crippen LogP contribution in [0.3, 0.4) is 0 Å². The van der Waals surface area contributed by atoms with E-state index in [0.717, 1.165) is 0 Å². The van der Waals surface area contributed by atoms with Crippen molar-refractivity contribution in [1.29, 1.82) is 0 Å². The minimum absolute atomic E-state index is 0.00960. The van der Waals surface area contributed by atoms with Gasteiger partial charge in [0.25, 0.3) is 11.8 Å². The standard InChI is InChI=1S/C24H17NO9/c26-17-7-8-18(27)25(17)34-20(29)11-13-30-21-15-6-9-19(28)33-23(15)24(22-16(21)10-12-31-22)32-14-4-2-1-3-5-14/h1-6,9-10,12H,7-8,11,13H2. The molecule has 0 spiro atoms. The first kappa shape index (κ1) is 21.3. The number of furan rings is 1. The van der Waals surface area contributed by atoms with Gasteiger partial charge in [-0.15, -0.1) is 5.06 Å². The quantitative estimate of drug-likeness (QED) is 0.298. The summed E-state index contributed by atoms with van der Waals surface area (Å²) in [4.78, 5) is 52.2. The monoisotopic (exact) mass is 463 g/mol. The Balaban J connectivity index is 1.43. The fourth-order valence-electron chi connectivity index (χ4n) is 3.57. The van der Waals surface area contributed by atoms with E-state index in [1.165, 1.54) is 18.4 Å². The Morgan fingerprint density at radius 3 is 2.38 bits per heavy atom. The lowest BCUT2D eigenvalue weighted by atomic mass is 10.1. The van der Waals surface area contributed by atoms with Gasteiger partial charge in [-0.25, -0.2) is 9.59 Å². The van der Waals surface area contributed by atoms with Gasteiger partial charge in [-0.3, -0.25) is 9.59 Å². The predicted octanol–water partition coefficient (Wildman–Crippen LogP) is 3.71. The number of carbonyl (C=O) groups is 3. The summed E-state index contributed by atoms with van der Waals surface area (Å²) in [5, 5.41) is 1.44. The Kier molecular flexibility index (Phi) is 5.46. The molecule has 4 aromatic rings. The van der Waals surface area contributed by atoms with E-state index in [2.05, 4.69) is 0 Å². The Labute approximate surface area is 191 Å². The first-order chi connectivity index (χ1) is 16.5. The second-order valence-electron chi connectivity index (χ2n) is 7.38. The van der Waals surface area contributed by atoms with Crippen LogP contribution in [0.25, 0.3) is 21.9 Å². The number of benzene rings is 2. The number of nitrogens with zero attached hydrogens (tertiary/aromatic N) is 1. The number of carbonyl (C=O) groups excluding carboxylic acids is 3. The van der Waals surface area contributed by atoms with Gasteiger partial charge in [-0.1, -0.05) is 18.2 Å². The molecular formula is C24H17NO9. The van der Waals surface area contributed by atoms with Crippen molar-refractivity contribution in [1.82, 2.24) is 5.06 Å². The number of hydrogen-bond donors (Lipinski definition) is 0. The predicted molar refractivity (Wildman–Crippen MR) is 116 cm³/mol. The number of amides is 2. The van der Waals surface area contributed by atoms with Crippen LogP contribution in [0.15, 0.2) is 68.4 Å². The normalized spacial score (nSPS) is 13.6. The minimum Gasteiger partial charge on any atom is -0.491 e. The number of para-hydroxylation sites is 1. The smallest absolute Gasteiger partial charge is 0.336 e. The summed E-state index contributed by atoms with van der Waals surface area (Å²) in [6, 6.07) is 13.4. The topological polar surface area (TPSA) is 125 Å². The van der Waals surface area contributed by atoms with E-state index in [9.17, 15) is 19.2 Å². The molecule has 172 valence electrons. The first-order valence-electron chi connectivity index (χ1n) is 10.4.